The van der Waals surface area contributed by atoms with Crippen LogP contribution in [-0.4, -0.2) is 44.4 Å². The lowest BCUT2D eigenvalue weighted by molar-refractivity contribution is 0.0525. The van der Waals surface area contributed by atoms with E-state index in [0.717, 1.165) is 6.42 Å². The molecule has 7 nitrogen and oxygen atoms in total. The number of carbonyl (C=O) groups excluding carboxylic acids is 2. The van der Waals surface area contributed by atoms with Crippen LogP contribution >= 0.6 is 0 Å². The third-order valence-electron chi connectivity index (χ3n) is 2.23. The van der Waals surface area contributed by atoms with E-state index in [2.05, 4.69) is 14.5 Å². The molecule has 0 aliphatic carbocycles. The molecule has 1 aromatic rings. The minimum Gasteiger partial charge on any atom is -0.464 e. The first-order valence-corrected chi connectivity index (χ1v) is 5.88. The number of ether oxygens (including phenoxy) is 3. The van der Waals surface area contributed by atoms with Gasteiger partial charge in [-0.25, -0.2) is 14.6 Å². The van der Waals surface area contributed by atoms with Gasteiger partial charge >= 0.3 is 11.9 Å². The molecule has 0 amide bonds. The van der Waals surface area contributed by atoms with E-state index < -0.39 is 11.9 Å². The van der Waals surface area contributed by atoms with Gasteiger partial charge < -0.3 is 18.6 Å². The van der Waals surface area contributed by atoms with Gasteiger partial charge in [-0.05, 0) is 6.42 Å². The number of nitrogens with zero attached hydrogens (tertiary/aromatic N) is 1. The highest BCUT2D eigenvalue weighted by Crippen LogP contribution is 2.14. The maximum Gasteiger partial charge on any atom is 0.376 e. The maximum absolute atomic E-state index is 11.5. The Bertz CT molecular complexity index is 406. The maximum atomic E-state index is 11.5. The van der Waals surface area contributed by atoms with Crippen LogP contribution in [0.15, 0.2) is 4.42 Å². The van der Waals surface area contributed by atoms with Crippen LogP contribution < -0.4 is 0 Å². The zero-order chi connectivity index (χ0) is 14.3. The van der Waals surface area contributed by atoms with E-state index in [4.69, 9.17) is 9.15 Å². The Morgan fingerprint density at radius 2 is 1.84 bits per heavy atom. The van der Waals surface area contributed by atoms with Crippen LogP contribution in [-0.2, 0) is 20.6 Å². The highest BCUT2D eigenvalue weighted by molar-refractivity contribution is 5.99. The van der Waals surface area contributed by atoms with Gasteiger partial charge in [0.2, 0.25) is 11.5 Å². The van der Waals surface area contributed by atoms with E-state index in [1.807, 2.05) is 6.92 Å². The van der Waals surface area contributed by atoms with Crippen LogP contribution in [0.3, 0.4) is 0 Å². The number of carbonyl (C=O) groups is 2. The summed E-state index contributed by atoms with van der Waals surface area (Å²) in [4.78, 5) is 26.8. The molecule has 0 atom stereocenters. The van der Waals surface area contributed by atoms with Gasteiger partial charge in [-0.2, -0.15) is 0 Å². The molecular formula is C12H17NO6. The van der Waals surface area contributed by atoms with Gasteiger partial charge in [0.25, 0.3) is 0 Å². The van der Waals surface area contributed by atoms with Crippen molar-refractivity contribution in [3.8, 4) is 0 Å². The highest BCUT2D eigenvalue weighted by Gasteiger charge is 2.26. The minimum atomic E-state index is -0.770. The molecule has 1 rings (SSSR count). The van der Waals surface area contributed by atoms with E-state index in [0.29, 0.717) is 19.6 Å². The SMILES string of the molecule is CCCOCCc1nc(C(=O)OC)c(C(=O)OC)o1. The lowest BCUT2D eigenvalue weighted by Gasteiger charge is -1.98. The van der Waals surface area contributed by atoms with Gasteiger partial charge in [0.15, 0.2) is 5.89 Å². The Labute approximate surface area is 110 Å². The van der Waals surface area contributed by atoms with Crippen molar-refractivity contribution < 1.29 is 28.2 Å². The van der Waals surface area contributed by atoms with Gasteiger partial charge in [0, 0.05) is 13.0 Å². The minimum absolute atomic E-state index is 0.181. The quantitative estimate of drug-likeness (QED) is 0.544. The number of rotatable bonds is 7. The summed E-state index contributed by atoms with van der Waals surface area (Å²) in [6.07, 6.45) is 1.27. The summed E-state index contributed by atoms with van der Waals surface area (Å²) in [6, 6.07) is 0. The summed E-state index contributed by atoms with van der Waals surface area (Å²) in [5, 5.41) is 0. The summed E-state index contributed by atoms with van der Waals surface area (Å²) < 4.78 is 19.5. The van der Waals surface area contributed by atoms with E-state index >= 15 is 0 Å². The van der Waals surface area contributed by atoms with Crippen LogP contribution in [0.2, 0.25) is 0 Å². The zero-order valence-electron chi connectivity index (χ0n) is 11.2. The fraction of sp³-hybridized carbons (Fsp3) is 0.583. The Kier molecular flexibility index (Phi) is 6.01. The number of hydrogen-bond donors (Lipinski definition) is 0. The number of hydrogen-bond acceptors (Lipinski definition) is 7. The van der Waals surface area contributed by atoms with E-state index in [1.165, 1.54) is 14.2 Å². The Morgan fingerprint density at radius 3 is 2.42 bits per heavy atom. The van der Waals surface area contributed by atoms with E-state index in [1.54, 1.807) is 0 Å². The Morgan fingerprint density at radius 1 is 1.16 bits per heavy atom. The summed E-state index contributed by atoms with van der Waals surface area (Å²) in [5.74, 6) is -1.53. The second-order valence-corrected chi connectivity index (χ2v) is 3.63. The molecule has 0 saturated heterocycles. The number of methoxy groups -OCH3 is 2. The first kappa shape index (κ1) is 15.2. The zero-order valence-corrected chi connectivity index (χ0v) is 11.2. The fourth-order valence-corrected chi connectivity index (χ4v) is 1.34. The summed E-state index contributed by atoms with van der Waals surface area (Å²) in [5.41, 5.74) is -0.181. The molecule has 1 heterocycles. The van der Waals surface area contributed by atoms with Gasteiger partial charge in [-0.15, -0.1) is 0 Å². The van der Waals surface area contributed by atoms with Gasteiger partial charge in [-0.1, -0.05) is 6.92 Å². The molecule has 0 saturated carbocycles. The van der Waals surface area contributed by atoms with Crippen LogP contribution in [0.5, 0.6) is 0 Å². The first-order valence-electron chi connectivity index (χ1n) is 5.88. The van der Waals surface area contributed by atoms with Gasteiger partial charge in [0.05, 0.1) is 20.8 Å². The lowest BCUT2D eigenvalue weighted by atomic mass is 10.3. The van der Waals surface area contributed by atoms with Crippen molar-refractivity contribution in [1.29, 1.82) is 0 Å². The van der Waals surface area contributed by atoms with Crippen LogP contribution in [0.1, 0.15) is 40.3 Å². The molecule has 106 valence electrons. The predicted molar refractivity (Wildman–Crippen MR) is 64.0 cm³/mol. The average molecular weight is 271 g/mol. The van der Waals surface area contributed by atoms with Crippen LogP contribution in [0.4, 0.5) is 0 Å². The van der Waals surface area contributed by atoms with Crippen molar-refractivity contribution in [2.24, 2.45) is 0 Å². The van der Waals surface area contributed by atoms with Crippen molar-refractivity contribution >= 4 is 11.9 Å². The van der Waals surface area contributed by atoms with Crippen LogP contribution in [0, 0.1) is 0 Å². The molecule has 0 fully saturated rings. The van der Waals surface area contributed by atoms with E-state index in [9.17, 15) is 9.59 Å². The molecule has 0 aliphatic heterocycles. The number of oxazole rings is 1. The van der Waals surface area contributed by atoms with Crippen molar-refractivity contribution in [2.75, 3.05) is 27.4 Å². The molecule has 19 heavy (non-hydrogen) atoms. The third-order valence-corrected chi connectivity index (χ3v) is 2.23. The van der Waals surface area contributed by atoms with Crippen molar-refractivity contribution in [2.45, 2.75) is 19.8 Å². The molecule has 7 heteroatoms. The number of aromatic nitrogens is 1. The number of esters is 2. The standard InChI is InChI=1S/C12H17NO6/c1-4-6-18-7-5-8-13-9(11(14)16-2)10(19-8)12(15)17-3/h4-7H2,1-3H3. The molecule has 0 unspecified atom stereocenters. The molecule has 0 bridgehead atoms. The van der Waals surface area contributed by atoms with E-state index in [-0.39, 0.29) is 17.3 Å². The Hall–Kier alpha value is -1.89. The monoisotopic (exact) mass is 271 g/mol. The average Bonchev–Trinajstić information content (AvgIpc) is 2.86. The topological polar surface area (TPSA) is 87.9 Å². The normalized spacial score (nSPS) is 10.3. The molecule has 0 spiro atoms. The molecule has 0 radical (unpaired) electrons. The largest absolute Gasteiger partial charge is 0.464 e. The first-order chi connectivity index (χ1) is 9.13. The molecule has 0 aromatic carbocycles. The Balaban J connectivity index is 2.81. The second kappa shape index (κ2) is 7.52. The molecular weight excluding hydrogens is 254 g/mol. The molecule has 1 aromatic heterocycles. The third kappa shape index (κ3) is 4.06. The lowest BCUT2D eigenvalue weighted by Crippen LogP contribution is -2.10. The predicted octanol–water partition coefficient (Wildman–Crippen LogP) is 1.22. The van der Waals surface area contributed by atoms with Crippen LogP contribution in [0.25, 0.3) is 0 Å². The highest BCUT2D eigenvalue weighted by atomic mass is 16.5. The summed E-state index contributed by atoms with van der Waals surface area (Å²) in [6.45, 7) is 3.03. The van der Waals surface area contributed by atoms with Crippen molar-refractivity contribution in [3.63, 3.8) is 0 Å². The van der Waals surface area contributed by atoms with Gasteiger partial charge in [0.1, 0.15) is 0 Å². The summed E-state index contributed by atoms with van der Waals surface area (Å²) >= 11 is 0. The summed E-state index contributed by atoms with van der Waals surface area (Å²) in [7, 11) is 2.39. The van der Waals surface area contributed by atoms with Crippen molar-refractivity contribution in [1.82, 2.24) is 4.98 Å². The van der Waals surface area contributed by atoms with Gasteiger partial charge in [-0.3, -0.25) is 0 Å². The second-order valence-electron chi connectivity index (χ2n) is 3.63. The smallest absolute Gasteiger partial charge is 0.376 e. The van der Waals surface area contributed by atoms with Crippen molar-refractivity contribution in [3.05, 3.63) is 17.3 Å². The molecule has 0 aliphatic rings. The fourth-order valence-electron chi connectivity index (χ4n) is 1.34. The molecule has 0 N–H and O–H groups in total.